The third kappa shape index (κ3) is 2.64. The predicted molar refractivity (Wildman–Crippen MR) is 94.7 cm³/mol. The molecule has 134 valence electrons. The van der Waals surface area contributed by atoms with Gasteiger partial charge in [0.1, 0.15) is 17.6 Å². The first-order valence-electron chi connectivity index (χ1n) is 8.23. The number of fused-ring (bicyclic) bond motifs is 1. The summed E-state index contributed by atoms with van der Waals surface area (Å²) in [6, 6.07) is 13.3. The predicted octanol–water partition coefficient (Wildman–Crippen LogP) is 1.73. The zero-order valence-electron chi connectivity index (χ0n) is 14.5. The van der Waals surface area contributed by atoms with Gasteiger partial charge in [0.2, 0.25) is 0 Å². The highest BCUT2D eigenvalue weighted by Crippen LogP contribution is 2.40. The first-order chi connectivity index (χ1) is 12.7. The molecule has 1 aliphatic rings. The maximum Gasteiger partial charge on any atom is 0.250 e. The number of hydrogen-bond donors (Lipinski definition) is 1. The first kappa shape index (κ1) is 16.3. The minimum atomic E-state index is -0.746. The van der Waals surface area contributed by atoms with Gasteiger partial charge in [-0.2, -0.15) is 4.68 Å². The average molecular weight is 353 g/mol. The molecule has 0 aliphatic carbocycles. The Labute approximate surface area is 150 Å². The Bertz CT molecular complexity index is 912. The lowest BCUT2D eigenvalue weighted by atomic mass is 9.95. The smallest absolute Gasteiger partial charge is 0.250 e. The molecular weight excluding hydrogens is 334 g/mol. The standard InChI is InChI=1S/C18H19N5O3/c1-25-15-8-9-16(26-2)17-13(15)10-22(11-14(17)24)18-19-20-21-23(18)12-6-4-3-5-7-12/h3-9,14,24H,10-11H2,1-2H3/t14-/m1/s1. The molecule has 8 heteroatoms. The van der Waals surface area contributed by atoms with Crippen LogP contribution in [0, 0.1) is 0 Å². The maximum atomic E-state index is 10.8. The number of methoxy groups -OCH3 is 2. The van der Waals surface area contributed by atoms with Gasteiger partial charge in [0.05, 0.1) is 33.0 Å². The maximum absolute atomic E-state index is 10.8. The summed E-state index contributed by atoms with van der Waals surface area (Å²) in [6.07, 6.45) is -0.746. The van der Waals surface area contributed by atoms with E-state index in [0.29, 0.717) is 30.5 Å². The van der Waals surface area contributed by atoms with Gasteiger partial charge in [-0.05, 0) is 34.7 Å². The number of anilines is 1. The Morgan fingerprint density at radius 2 is 1.77 bits per heavy atom. The normalized spacial score (nSPS) is 16.3. The van der Waals surface area contributed by atoms with Crippen LogP contribution in [0.25, 0.3) is 5.69 Å². The molecule has 0 amide bonds. The van der Waals surface area contributed by atoms with Crippen molar-refractivity contribution in [3.8, 4) is 17.2 Å². The van der Waals surface area contributed by atoms with E-state index in [9.17, 15) is 5.11 Å². The molecule has 0 spiro atoms. The Morgan fingerprint density at radius 1 is 1.04 bits per heavy atom. The first-order valence-corrected chi connectivity index (χ1v) is 8.23. The molecule has 1 aliphatic heterocycles. The summed E-state index contributed by atoms with van der Waals surface area (Å²) in [7, 11) is 3.21. The number of aliphatic hydroxyl groups is 1. The lowest BCUT2D eigenvalue weighted by Crippen LogP contribution is -2.36. The van der Waals surface area contributed by atoms with Gasteiger partial charge in [0.25, 0.3) is 5.95 Å². The van der Waals surface area contributed by atoms with Crippen molar-refractivity contribution in [1.29, 1.82) is 0 Å². The fourth-order valence-corrected chi connectivity index (χ4v) is 3.34. The molecule has 26 heavy (non-hydrogen) atoms. The molecule has 8 nitrogen and oxygen atoms in total. The van der Waals surface area contributed by atoms with Crippen molar-refractivity contribution in [3.63, 3.8) is 0 Å². The van der Waals surface area contributed by atoms with Gasteiger partial charge < -0.3 is 19.5 Å². The highest BCUT2D eigenvalue weighted by molar-refractivity contribution is 5.55. The van der Waals surface area contributed by atoms with Crippen LogP contribution in [0.5, 0.6) is 11.5 Å². The van der Waals surface area contributed by atoms with Crippen LogP contribution in [0.4, 0.5) is 5.95 Å². The Balaban J connectivity index is 1.76. The number of ether oxygens (including phenoxy) is 2. The van der Waals surface area contributed by atoms with Gasteiger partial charge in [-0.15, -0.1) is 0 Å². The third-order valence-corrected chi connectivity index (χ3v) is 4.53. The summed E-state index contributed by atoms with van der Waals surface area (Å²) in [5, 5.41) is 22.8. The van der Waals surface area contributed by atoms with Crippen LogP contribution >= 0.6 is 0 Å². The second kappa shape index (κ2) is 6.64. The summed E-state index contributed by atoms with van der Waals surface area (Å²) in [5.74, 6) is 1.91. The van der Waals surface area contributed by atoms with Crippen molar-refractivity contribution in [2.75, 3.05) is 25.7 Å². The number of aliphatic hydroxyl groups excluding tert-OH is 1. The Kier molecular flexibility index (Phi) is 4.18. The molecule has 0 unspecified atom stereocenters. The van der Waals surface area contributed by atoms with Gasteiger partial charge in [-0.3, -0.25) is 0 Å². The van der Waals surface area contributed by atoms with E-state index in [1.54, 1.807) is 18.9 Å². The van der Waals surface area contributed by atoms with E-state index in [4.69, 9.17) is 9.47 Å². The second-order valence-electron chi connectivity index (χ2n) is 5.98. The van der Waals surface area contributed by atoms with Gasteiger partial charge in [-0.25, -0.2) is 0 Å². The summed E-state index contributed by atoms with van der Waals surface area (Å²) in [4.78, 5) is 1.93. The van der Waals surface area contributed by atoms with E-state index in [1.807, 2.05) is 47.4 Å². The quantitative estimate of drug-likeness (QED) is 0.764. The zero-order chi connectivity index (χ0) is 18.1. The topological polar surface area (TPSA) is 85.5 Å². The fraction of sp³-hybridized carbons (Fsp3) is 0.278. The molecule has 0 bridgehead atoms. The minimum Gasteiger partial charge on any atom is -0.496 e. The van der Waals surface area contributed by atoms with Crippen molar-refractivity contribution in [3.05, 3.63) is 53.6 Å². The largest absolute Gasteiger partial charge is 0.496 e. The van der Waals surface area contributed by atoms with E-state index in [2.05, 4.69) is 15.5 Å². The number of hydrogen-bond acceptors (Lipinski definition) is 7. The van der Waals surface area contributed by atoms with Crippen LogP contribution < -0.4 is 14.4 Å². The second-order valence-corrected chi connectivity index (χ2v) is 5.98. The van der Waals surface area contributed by atoms with E-state index in [0.717, 1.165) is 16.8 Å². The Morgan fingerprint density at radius 3 is 2.50 bits per heavy atom. The molecule has 4 rings (SSSR count). The highest BCUT2D eigenvalue weighted by atomic mass is 16.5. The highest BCUT2D eigenvalue weighted by Gasteiger charge is 2.32. The molecule has 0 saturated heterocycles. The molecule has 3 aromatic rings. The van der Waals surface area contributed by atoms with E-state index >= 15 is 0 Å². The fourth-order valence-electron chi connectivity index (χ4n) is 3.34. The van der Waals surface area contributed by atoms with Crippen LogP contribution in [-0.2, 0) is 6.54 Å². The van der Waals surface area contributed by atoms with E-state index < -0.39 is 6.10 Å². The number of β-amino-alcohol motifs (C(OH)–C–C–N with tert-alkyl or cyclic N) is 1. The average Bonchev–Trinajstić information content (AvgIpc) is 3.17. The monoisotopic (exact) mass is 353 g/mol. The number of rotatable bonds is 4. The van der Waals surface area contributed by atoms with Crippen LogP contribution in [-0.4, -0.2) is 46.1 Å². The van der Waals surface area contributed by atoms with Crippen molar-refractivity contribution in [2.24, 2.45) is 0 Å². The zero-order valence-corrected chi connectivity index (χ0v) is 14.5. The number of benzene rings is 2. The molecule has 0 saturated carbocycles. The Hall–Kier alpha value is -3.13. The van der Waals surface area contributed by atoms with Crippen molar-refractivity contribution < 1.29 is 14.6 Å². The van der Waals surface area contributed by atoms with Crippen molar-refractivity contribution in [1.82, 2.24) is 20.2 Å². The van der Waals surface area contributed by atoms with Crippen LogP contribution in [0.2, 0.25) is 0 Å². The van der Waals surface area contributed by atoms with Crippen LogP contribution in [0.1, 0.15) is 17.2 Å². The lowest BCUT2D eigenvalue weighted by Gasteiger charge is -2.34. The molecule has 2 heterocycles. The third-order valence-electron chi connectivity index (χ3n) is 4.53. The van der Waals surface area contributed by atoms with Crippen LogP contribution in [0.15, 0.2) is 42.5 Å². The van der Waals surface area contributed by atoms with Crippen molar-refractivity contribution >= 4 is 5.95 Å². The molecule has 1 N–H and O–H groups in total. The van der Waals surface area contributed by atoms with E-state index in [1.165, 1.54) is 0 Å². The van der Waals surface area contributed by atoms with Gasteiger partial charge in [-0.1, -0.05) is 23.3 Å². The molecule has 2 aromatic carbocycles. The van der Waals surface area contributed by atoms with Crippen LogP contribution in [0.3, 0.4) is 0 Å². The number of para-hydroxylation sites is 1. The molecular formula is C18H19N5O3. The molecule has 0 radical (unpaired) electrons. The minimum absolute atomic E-state index is 0.351. The summed E-state index contributed by atoms with van der Waals surface area (Å²) < 4.78 is 12.6. The van der Waals surface area contributed by atoms with E-state index in [-0.39, 0.29) is 0 Å². The van der Waals surface area contributed by atoms with Crippen molar-refractivity contribution in [2.45, 2.75) is 12.6 Å². The number of nitrogens with zero attached hydrogens (tertiary/aromatic N) is 5. The molecule has 1 aromatic heterocycles. The lowest BCUT2D eigenvalue weighted by molar-refractivity contribution is 0.169. The summed E-state index contributed by atoms with van der Waals surface area (Å²) in [5.41, 5.74) is 2.47. The SMILES string of the molecule is COc1ccc(OC)c2c1CN(c1nnnn1-c1ccccc1)C[C@H]2O. The molecule has 0 fully saturated rings. The number of aromatic nitrogens is 4. The molecule has 1 atom stereocenters. The van der Waals surface area contributed by atoms with Gasteiger partial charge in [0.15, 0.2) is 0 Å². The van der Waals surface area contributed by atoms with Gasteiger partial charge >= 0.3 is 0 Å². The summed E-state index contributed by atoms with van der Waals surface area (Å²) in [6.45, 7) is 0.851. The van der Waals surface area contributed by atoms with Gasteiger partial charge in [0, 0.05) is 11.1 Å². The number of tetrazole rings is 1. The summed E-state index contributed by atoms with van der Waals surface area (Å²) >= 11 is 0.